The molecule has 1 rings (SSSR count). The Morgan fingerprint density at radius 1 is 1.29 bits per heavy atom. The van der Waals surface area contributed by atoms with Crippen LogP contribution in [0.2, 0.25) is 0 Å². The summed E-state index contributed by atoms with van der Waals surface area (Å²) in [5.41, 5.74) is 0. The average molecular weight is 197 g/mol. The summed E-state index contributed by atoms with van der Waals surface area (Å²) in [6, 6.07) is 0.549. The van der Waals surface area contributed by atoms with E-state index in [1.165, 1.54) is 38.5 Å². The van der Waals surface area contributed by atoms with E-state index in [0.717, 1.165) is 13.0 Å². The molecular weight excluding hydrogens is 174 g/mol. The van der Waals surface area contributed by atoms with E-state index in [2.05, 4.69) is 11.8 Å². The molecule has 0 atom stereocenters. The van der Waals surface area contributed by atoms with E-state index in [-0.39, 0.29) is 5.91 Å². The van der Waals surface area contributed by atoms with Gasteiger partial charge in [-0.2, -0.15) is 0 Å². The van der Waals surface area contributed by atoms with Gasteiger partial charge in [-0.15, -0.1) is 0 Å². The third kappa shape index (κ3) is 3.32. The van der Waals surface area contributed by atoms with Gasteiger partial charge < -0.3 is 4.90 Å². The predicted octanol–water partition coefficient (Wildman–Crippen LogP) is 2.97. The van der Waals surface area contributed by atoms with Gasteiger partial charge in [0, 0.05) is 19.5 Å². The molecule has 0 aliphatic heterocycles. The van der Waals surface area contributed by atoms with Gasteiger partial charge in [0.05, 0.1) is 0 Å². The summed E-state index contributed by atoms with van der Waals surface area (Å²) in [7, 11) is 0. The molecular formula is C12H23NO. The van der Waals surface area contributed by atoms with Gasteiger partial charge in [0.2, 0.25) is 5.91 Å². The molecule has 1 aliphatic rings. The van der Waals surface area contributed by atoms with Crippen LogP contribution in [0.4, 0.5) is 0 Å². The molecule has 1 fully saturated rings. The van der Waals surface area contributed by atoms with Crippen molar-refractivity contribution in [2.24, 2.45) is 0 Å². The molecule has 0 radical (unpaired) electrons. The number of carbonyl (C=O) groups is 1. The molecule has 0 aromatic rings. The maximum Gasteiger partial charge on any atom is 0.219 e. The van der Waals surface area contributed by atoms with E-state index in [4.69, 9.17) is 0 Å². The van der Waals surface area contributed by atoms with Crippen LogP contribution in [0.3, 0.4) is 0 Å². The number of unbranched alkanes of at least 4 members (excludes halogenated alkanes) is 1. The van der Waals surface area contributed by atoms with Crippen LogP contribution in [-0.2, 0) is 4.79 Å². The van der Waals surface area contributed by atoms with Crippen LogP contribution in [-0.4, -0.2) is 23.4 Å². The molecule has 0 aromatic heterocycles. The number of amides is 1. The smallest absolute Gasteiger partial charge is 0.219 e. The molecule has 0 aromatic carbocycles. The fourth-order valence-electron chi connectivity index (χ4n) is 2.32. The Kier molecular flexibility index (Phi) is 4.99. The van der Waals surface area contributed by atoms with Crippen molar-refractivity contribution < 1.29 is 4.79 Å². The van der Waals surface area contributed by atoms with Gasteiger partial charge in [0.25, 0.3) is 0 Å². The maximum absolute atomic E-state index is 11.5. The number of nitrogens with zero attached hydrogens (tertiary/aromatic N) is 1. The standard InChI is InChI=1S/C12H23NO/c1-3-4-10-13(11(2)14)12-8-6-5-7-9-12/h12H,3-10H2,1-2H3. The average Bonchev–Trinajstić information content (AvgIpc) is 2.19. The summed E-state index contributed by atoms with van der Waals surface area (Å²) < 4.78 is 0. The third-order valence-corrected chi connectivity index (χ3v) is 3.17. The van der Waals surface area contributed by atoms with Gasteiger partial charge in [0.1, 0.15) is 0 Å². The minimum absolute atomic E-state index is 0.269. The van der Waals surface area contributed by atoms with E-state index >= 15 is 0 Å². The first-order valence-electron chi connectivity index (χ1n) is 6.03. The van der Waals surface area contributed by atoms with Crippen molar-refractivity contribution in [3.63, 3.8) is 0 Å². The van der Waals surface area contributed by atoms with Gasteiger partial charge in [0.15, 0.2) is 0 Å². The lowest BCUT2D eigenvalue weighted by Gasteiger charge is -2.33. The van der Waals surface area contributed by atoms with Crippen LogP contribution in [0.25, 0.3) is 0 Å². The highest BCUT2D eigenvalue weighted by molar-refractivity contribution is 5.73. The monoisotopic (exact) mass is 197 g/mol. The zero-order valence-electron chi connectivity index (χ0n) is 9.59. The predicted molar refractivity (Wildman–Crippen MR) is 59.2 cm³/mol. The fraction of sp³-hybridized carbons (Fsp3) is 0.917. The minimum atomic E-state index is 0.269. The van der Waals surface area contributed by atoms with E-state index in [1.54, 1.807) is 6.92 Å². The number of rotatable bonds is 4. The second kappa shape index (κ2) is 6.05. The largest absolute Gasteiger partial charge is 0.340 e. The highest BCUT2D eigenvalue weighted by atomic mass is 16.2. The van der Waals surface area contributed by atoms with Crippen LogP contribution >= 0.6 is 0 Å². The van der Waals surface area contributed by atoms with Crippen molar-refractivity contribution in [2.45, 2.75) is 64.8 Å². The first kappa shape index (κ1) is 11.5. The SMILES string of the molecule is CCCCN(C(C)=O)C1CCCCC1. The highest BCUT2D eigenvalue weighted by Gasteiger charge is 2.22. The van der Waals surface area contributed by atoms with E-state index < -0.39 is 0 Å². The molecule has 82 valence electrons. The molecule has 0 unspecified atom stereocenters. The molecule has 2 heteroatoms. The van der Waals surface area contributed by atoms with Gasteiger partial charge in [-0.3, -0.25) is 4.79 Å². The van der Waals surface area contributed by atoms with Crippen molar-refractivity contribution in [3.8, 4) is 0 Å². The first-order valence-corrected chi connectivity index (χ1v) is 6.03. The lowest BCUT2D eigenvalue weighted by molar-refractivity contribution is -0.131. The van der Waals surface area contributed by atoms with Gasteiger partial charge in [-0.05, 0) is 19.3 Å². The van der Waals surface area contributed by atoms with E-state index in [0.29, 0.717) is 6.04 Å². The topological polar surface area (TPSA) is 20.3 Å². The van der Waals surface area contributed by atoms with E-state index in [9.17, 15) is 4.79 Å². The summed E-state index contributed by atoms with van der Waals surface area (Å²) >= 11 is 0. The van der Waals surface area contributed by atoms with Crippen molar-refractivity contribution in [2.75, 3.05) is 6.54 Å². The fourth-order valence-corrected chi connectivity index (χ4v) is 2.32. The molecule has 0 spiro atoms. The summed E-state index contributed by atoms with van der Waals surface area (Å²) in [6.45, 7) is 4.86. The summed E-state index contributed by atoms with van der Waals surface area (Å²) in [5.74, 6) is 0.269. The van der Waals surface area contributed by atoms with Crippen molar-refractivity contribution in [3.05, 3.63) is 0 Å². The van der Waals surface area contributed by atoms with Crippen LogP contribution in [0, 0.1) is 0 Å². The van der Waals surface area contributed by atoms with Crippen molar-refractivity contribution in [1.82, 2.24) is 4.90 Å². The third-order valence-electron chi connectivity index (χ3n) is 3.17. The molecule has 0 heterocycles. The highest BCUT2D eigenvalue weighted by Crippen LogP contribution is 2.22. The van der Waals surface area contributed by atoms with Crippen LogP contribution in [0.15, 0.2) is 0 Å². The minimum Gasteiger partial charge on any atom is -0.340 e. The normalized spacial score (nSPS) is 18.1. The zero-order valence-corrected chi connectivity index (χ0v) is 9.59. The van der Waals surface area contributed by atoms with Gasteiger partial charge >= 0.3 is 0 Å². The Labute approximate surface area is 87.7 Å². The van der Waals surface area contributed by atoms with E-state index in [1.807, 2.05) is 0 Å². The molecule has 0 bridgehead atoms. The van der Waals surface area contributed by atoms with Crippen molar-refractivity contribution in [1.29, 1.82) is 0 Å². The summed E-state index contributed by atoms with van der Waals surface area (Å²) in [6.07, 6.45) is 8.75. The molecule has 14 heavy (non-hydrogen) atoms. The molecule has 2 nitrogen and oxygen atoms in total. The first-order chi connectivity index (χ1) is 6.75. The summed E-state index contributed by atoms with van der Waals surface area (Å²) in [5, 5.41) is 0. The lowest BCUT2D eigenvalue weighted by atomic mass is 9.94. The lowest BCUT2D eigenvalue weighted by Crippen LogP contribution is -2.40. The number of carbonyl (C=O) groups excluding carboxylic acids is 1. The van der Waals surface area contributed by atoms with Crippen LogP contribution < -0.4 is 0 Å². The van der Waals surface area contributed by atoms with Crippen LogP contribution in [0.5, 0.6) is 0 Å². The molecule has 1 amide bonds. The van der Waals surface area contributed by atoms with Crippen molar-refractivity contribution >= 4 is 5.91 Å². The number of hydrogen-bond acceptors (Lipinski definition) is 1. The van der Waals surface area contributed by atoms with Crippen LogP contribution in [0.1, 0.15) is 58.8 Å². The quantitative estimate of drug-likeness (QED) is 0.678. The Hall–Kier alpha value is -0.530. The Morgan fingerprint density at radius 2 is 1.93 bits per heavy atom. The second-order valence-corrected chi connectivity index (χ2v) is 4.36. The molecule has 0 saturated heterocycles. The van der Waals surface area contributed by atoms with Gasteiger partial charge in [-0.1, -0.05) is 32.6 Å². The zero-order chi connectivity index (χ0) is 10.4. The number of hydrogen-bond donors (Lipinski definition) is 0. The molecule has 1 saturated carbocycles. The second-order valence-electron chi connectivity index (χ2n) is 4.36. The Balaban J connectivity index is 2.43. The van der Waals surface area contributed by atoms with Gasteiger partial charge in [-0.25, -0.2) is 0 Å². The molecule has 1 aliphatic carbocycles. The summed E-state index contributed by atoms with van der Waals surface area (Å²) in [4.78, 5) is 13.6. The Bertz CT molecular complexity index is 173. The maximum atomic E-state index is 11.5. The Morgan fingerprint density at radius 3 is 2.43 bits per heavy atom. The molecule has 0 N–H and O–H groups in total.